The van der Waals surface area contributed by atoms with Crippen LogP contribution in [0.2, 0.25) is 0 Å². The van der Waals surface area contributed by atoms with Gasteiger partial charge in [-0.25, -0.2) is 14.5 Å². The first-order valence-corrected chi connectivity index (χ1v) is 10.4. The minimum Gasteiger partial charge on any atom is -0.459 e. The van der Waals surface area contributed by atoms with E-state index >= 15 is 0 Å². The lowest BCUT2D eigenvalue weighted by Gasteiger charge is -2.34. The molecule has 0 N–H and O–H groups in total. The molecule has 3 rings (SSSR count). The van der Waals surface area contributed by atoms with Crippen molar-refractivity contribution in [1.82, 2.24) is 14.7 Å². The molecule has 2 heterocycles. The van der Waals surface area contributed by atoms with Crippen molar-refractivity contribution in [2.45, 2.75) is 45.6 Å². The Labute approximate surface area is 188 Å². The maximum Gasteiger partial charge on any atom is 0.418 e. The van der Waals surface area contributed by atoms with Crippen molar-refractivity contribution in [3.63, 3.8) is 0 Å². The SMILES string of the molecule is C=Cc1nn2c(c1I)C(=O)N(C(=O)OC(C)(C)C)C(C(=O)OCc1ccccc1)C2. The average molecular weight is 523 g/mol. The first-order valence-electron chi connectivity index (χ1n) is 9.28. The van der Waals surface area contributed by atoms with Crippen LogP contribution in [0.4, 0.5) is 4.79 Å². The number of fused-ring (bicyclic) bond motifs is 1. The predicted octanol–water partition coefficient (Wildman–Crippen LogP) is 3.63. The van der Waals surface area contributed by atoms with Gasteiger partial charge in [0.1, 0.15) is 17.9 Å². The molecule has 2 aromatic rings. The van der Waals surface area contributed by atoms with E-state index < -0.39 is 29.6 Å². The Hall–Kier alpha value is -2.69. The molecular formula is C21H22IN3O5. The van der Waals surface area contributed by atoms with E-state index in [0.717, 1.165) is 10.5 Å². The number of imide groups is 1. The fourth-order valence-corrected chi connectivity index (χ4v) is 3.79. The Balaban J connectivity index is 1.92. The summed E-state index contributed by atoms with van der Waals surface area (Å²) in [5.74, 6) is -1.38. The fourth-order valence-electron chi connectivity index (χ4n) is 2.95. The van der Waals surface area contributed by atoms with Gasteiger partial charge in [0, 0.05) is 0 Å². The molecular weight excluding hydrogens is 501 g/mol. The second kappa shape index (κ2) is 8.58. The highest BCUT2D eigenvalue weighted by Gasteiger charge is 2.45. The summed E-state index contributed by atoms with van der Waals surface area (Å²) in [6.45, 7) is 8.74. The first-order chi connectivity index (χ1) is 14.1. The predicted molar refractivity (Wildman–Crippen MR) is 117 cm³/mol. The number of hydrogen-bond donors (Lipinski definition) is 0. The van der Waals surface area contributed by atoms with E-state index in [1.54, 1.807) is 20.8 Å². The highest BCUT2D eigenvalue weighted by Crippen LogP contribution is 2.27. The molecule has 0 spiro atoms. The van der Waals surface area contributed by atoms with Gasteiger partial charge in [0.05, 0.1) is 15.8 Å². The Morgan fingerprint density at radius 2 is 1.97 bits per heavy atom. The van der Waals surface area contributed by atoms with Crippen molar-refractivity contribution in [3.05, 3.63) is 57.4 Å². The quantitative estimate of drug-likeness (QED) is 0.449. The minimum atomic E-state index is -1.20. The number of benzene rings is 1. The van der Waals surface area contributed by atoms with Crippen molar-refractivity contribution >= 4 is 46.6 Å². The van der Waals surface area contributed by atoms with E-state index in [1.807, 2.05) is 52.9 Å². The number of ether oxygens (including phenoxy) is 2. The van der Waals surface area contributed by atoms with E-state index in [4.69, 9.17) is 9.47 Å². The molecule has 0 bridgehead atoms. The summed E-state index contributed by atoms with van der Waals surface area (Å²) < 4.78 is 12.8. The molecule has 0 aliphatic carbocycles. The maximum atomic E-state index is 13.2. The Morgan fingerprint density at radius 1 is 1.30 bits per heavy atom. The summed E-state index contributed by atoms with van der Waals surface area (Å²) in [5, 5.41) is 4.32. The zero-order chi connectivity index (χ0) is 22.1. The van der Waals surface area contributed by atoms with Gasteiger partial charge in [-0.1, -0.05) is 36.9 Å². The third-order valence-corrected chi connectivity index (χ3v) is 5.34. The second-order valence-electron chi connectivity index (χ2n) is 7.70. The lowest BCUT2D eigenvalue weighted by atomic mass is 10.1. The number of esters is 1. The second-order valence-corrected chi connectivity index (χ2v) is 8.78. The van der Waals surface area contributed by atoms with Gasteiger partial charge < -0.3 is 9.47 Å². The van der Waals surface area contributed by atoms with Gasteiger partial charge in [-0.05, 0) is 55.0 Å². The molecule has 158 valence electrons. The van der Waals surface area contributed by atoms with Crippen molar-refractivity contribution in [2.24, 2.45) is 0 Å². The summed E-state index contributed by atoms with van der Waals surface area (Å²) in [4.78, 5) is 39.7. The third kappa shape index (κ3) is 4.55. The van der Waals surface area contributed by atoms with Crippen molar-refractivity contribution < 1.29 is 23.9 Å². The van der Waals surface area contributed by atoms with Crippen LogP contribution in [-0.4, -0.2) is 44.3 Å². The molecule has 1 aliphatic rings. The maximum absolute atomic E-state index is 13.2. The molecule has 1 unspecified atom stereocenters. The number of rotatable bonds is 4. The van der Waals surface area contributed by atoms with Crippen LogP contribution in [0.1, 0.15) is 42.5 Å². The molecule has 30 heavy (non-hydrogen) atoms. The molecule has 0 saturated carbocycles. The normalized spacial score (nSPS) is 16.1. The Morgan fingerprint density at radius 3 is 2.57 bits per heavy atom. The van der Waals surface area contributed by atoms with Gasteiger partial charge >= 0.3 is 12.1 Å². The zero-order valence-electron chi connectivity index (χ0n) is 16.9. The Kier molecular flexibility index (Phi) is 6.30. The van der Waals surface area contributed by atoms with E-state index in [-0.39, 0.29) is 18.8 Å². The monoisotopic (exact) mass is 523 g/mol. The molecule has 1 aliphatic heterocycles. The molecule has 1 aromatic carbocycles. The number of hydrogen-bond acceptors (Lipinski definition) is 6. The van der Waals surface area contributed by atoms with Crippen LogP contribution in [0.5, 0.6) is 0 Å². The molecule has 0 radical (unpaired) electrons. The first kappa shape index (κ1) is 22.0. The molecule has 1 atom stereocenters. The van der Waals surface area contributed by atoms with Gasteiger partial charge in [0.25, 0.3) is 5.91 Å². The number of nitrogens with zero attached hydrogens (tertiary/aromatic N) is 3. The van der Waals surface area contributed by atoms with Crippen LogP contribution in [0.3, 0.4) is 0 Å². The average Bonchev–Trinajstić information content (AvgIpc) is 3.01. The van der Waals surface area contributed by atoms with Crippen molar-refractivity contribution in [3.8, 4) is 0 Å². The minimum absolute atomic E-state index is 0.0218. The van der Waals surface area contributed by atoms with E-state index in [1.165, 1.54) is 10.8 Å². The van der Waals surface area contributed by atoms with Crippen molar-refractivity contribution in [1.29, 1.82) is 0 Å². The molecule has 1 aromatic heterocycles. The molecule has 9 heteroatoms. The number of aromatic nitrogens is 2. The number of halogens is 1. The zero-order valence-corrected chi connectivity index (χ0v) is 19.1. The standard InChI is InChI=1S/C21H22IN3O5/c1-5-14-16(22)17-18(26)25(20(28)30-21(2,3)4)15(11-24(17)23-14)19(27)29-12-13-9-7-6-8-10-13/h5-10,15H,1,11-12H2,2-4H3. The topological polar surface area (TPSA) is 90.7 Å². The summed E-state index contributed by atoms with van der Waals surface area (Å²) in [6.07, 6.45) is 0.610. The highest BCUT2D eigenvalue weighted by atomic mass is 127. The highest BCUT2D eigenvalue weighted by molar-refractivity contribution is 14.1. The summed E-state index contributed by atoms with van der Waals surface area (Å²) in [7, 11) is 0. The van der Waals surface area contributed by atoms with E-state index in [0.29, 0.717) is 9.26 Å². The van der Waals surface area contributed by atoms with Gasteiger partial charge in [0.2, 0.25) is 0 Å². The largest absolute Gasteiger partial charge is 0.459 e. The van der Waals surface area contributed by atoms with Crippen LogP contribution in [-0.2, 0) is 27.4 Å². The van der Waals surface area contributed by atoms with Crippen LogP contribution in [0.25, 0.3) is 6.08 Å². The van der Waals surface area contributed by atoms with Gasteiger partial charge in [-0.2, -0.15) is 5.10 Å². The van der Waals surface area contributed by atoms with Crippen LogP contribution < -0.4 is 0 Å². The van der Waals surface area contributed by atoms with Crippen molar-refractivity contribution in [2.75, 3.05) is 0 Å². The Bertz CT molecular complexity index is 994. The third-order valence-electron chi connectivity index (χ3n) is 4.28. The van der Waals surface area contributed by atoms with E-state index in [9.17, 15) is 14.4 Å². The number of amides is 2. The fraction of sp³-hybridized carbons (Fsp3) is 0.333. The molecule has 0 fully saturated rings. The van der Waals surface area contributed by atoms with Gasteiger partial charge in [0.15, 0.2) is 6.04 Å². The van der Waals surface area contributed by atoms with E-state index in [2.05, 4.69) is 11.7 Å². The van der Waals surface area contributed by atoms with Gasteiger partial charge in [-0.15, -0.1) is 0 Å². The number of carbonyl (C=O) groups is 3. The van der Waals surface area contributed by atoms with Gasteiger partial charge in [-0.3, -0.25) is 9.48 Å². The van der Waals surface area contributed by atoms with Crippen LogP contribution in [0.15, 0.2) is 36.9 Å². The van der Waals surface area contributed by atoms with Crippen LogP contribution in [0, 0.1) is 3.57 Å². The van der Waals surface area contributed by atoms with Crippen LogP contribution >= 0.6 is 22.6 Å². The lowest BCUT2D eigenvalue weighted by molar-refractivity contribution is -0.151. The summed E-state index contributed by atoms with van der Waals surface area (Å²) >= 11 is 1.97. The summed E-state index contributed by atoms with van der Waals surface area (Å²) in [6, 6.07) is 7.94. The molecule has 8 nitrogen and oxygen atoms in total. The molecule has 2 amide bonds. The summed E-state index contributed by atoms with van der Waals surface area (Å²) in [5.41, 5.74) is 0.664. The molecule has 0 saturated heterocycles. The smallest absolute Gasteiger partial charge is 0.418 e. The lowest BCUT2D eigenvalue weighted by Crippen LogP contribution is -2.56. The number of carbonyl (C=O) groups excluding carboxylic acids is 3.